The zero-order chi connectivity index (χ0) is 19.2. The van der Waals surface area contributed by atoms with Crippen LogP contribution in [0.2, 0.25) is 0 Å². The van der Waals surface area contributed by atoms with E-state index in [-0.39, 0.29) is 17.5 Å². The van der Waals surface area contributed by atoms with Gasteiger partial charge in [0, 0.05) is 36.1 Å². The smallest absolute Gasteiger partial charge is 0.227 e. The molecule has 144 valence electrons. The largest absolute Gasteiger partial charge is 0.337 e. The van der Waals surface area contributed by atoms with Crippen molar-refractivity contribution in [1.29, 1.82) is 0 Å². The van der Waals surface area contributed by atoms with E-state index < -0.39 is 9.84 Å². The lowest BCUT2D eigenvalue weighted by Gasteiger charge is -2.29. The lowest BCUT2D eigenvalue weighted by Crippen LogP contribution is -2.38. The Labute approximate surface area is 161 Å². The summed E-state index contributed by atoms with van der Waals surface area (Å²) >= 11 is 0. The van der Waals surface area contributed by atoms with E-state index in [4.69, 9.17) is 4.98 Å². The first kappa shape index (κ1) is 18.2. The van der Waals surface area contributed by atoms with Gasteiger partial charge in [0.15, 0.2) is 9.84 Å². The van der Waals surface area contributed by atoms with E-state index in [1.165, 1.54) is 11.3 Å². The first-order valence-corrected chi connectivity index (χ1v) is 11.4. The molecule has 0 saturated carbocycles. The van der Waals surface area contributed by atoms with Gasteiger partial charge in [-0.3, -0.25) is 0 Å². The van der Waals surface area contributed by atoms with Gasteiger partial charge in [-0.05, 0) is 45.2 Å². The van der Waals surface area contributed by atoms with Crippen molar-refractivity contribution in [3.8, 4) is 0 Å². The van der Waals surface area contributed by atoms with Gasteiger partial charge in [-0.1, -0.05) is 18.2 Å². The van der Waals surface area contributed by atoms with Crippen LogP contribution in [0.3, 0.4) is 0 Å². The molecule has 0 N–H and O–H groups in total. The number of hydrogen-bond donors (Lipinski definition) is 0. The Balaban J connectivity index is 1.72. The number of aryl methyl sites for hydroxylation is 1. The molecular weight excluding hydrogens is 360 g/mol. The Kier molecular flexibility index (Phi) is 4.58. The van der Waals surface area contributed by atoms with Crippen molar-refractivity contribution < 1.29 is 8.42 Å². The van der Waals surface area contributed by atoms with Gasteiger partial charge in [-0.2, -0.15) is 4.98 Å². The number of anilines is 3. The number of sulfone groups is 1. The van der Waals surface area contributed by atoms with Crippen LogP contribution in [0.25, 0.3) is 0 Å². The number of fused-ring (bicyclic) bond motifs is 1. The van der Waals surface area contributed by atoms with Crippen LogP contribution in [0.1, 0.15) is 31.5 Å². The second kappa shape index (κ2) is 6.78. The monoisotopic (exact) mass is 386 g/mol. The molecule has 2 aliphatic heterocycles. The molecule has 0 amide bonds. The molecule has 1 aromatic heterocycles. The SMILES string of the molecule is CCN(c1nc(C)cc(N2c3ccccc3CC2C)n1)C1CCS(=O)(=O)C1. The van der Waals surface area contributed by atoms with E-state index >= 15 is 0 Å². The van der Waals surface area contributed by atoms with Crippen LogP contribution in [0.5, 0.6) is 0 Å². The normalized spacial score (nSPS) is 23.4. The molecule has 2 aliphatic rings. The molecule has 0 spiro atoms. The first-order chi connectivity index (χ1) is 12.9. The maximum Gasteiger partial charge on any atom is 0.227 e. The molecule has 2 aromatic rings. The number of hydrogen-bond acceptors (Lipinski definition) is 6. The fraction of sp³-hybridized carbons (Fsp3) is 0.500. The van der Waals surface area contributed by atoms with Crippen molar-refractivity contribution in [2.24, 2.45) is 0 Å². The fourth-order valence-electron chi connectivity index (χ4n) is 4.29. The van der Waals surface area contributed by atoms with Gasteiger partial charge >= 0.3 is 0 Å². The number of nitrogens with zero attached hydrogens (tertiary/aromatic N) is 4. The Morgan fingerprint density at radius 3 is 2.74 bits per heavy atom. The topological polar surface area (TPSA) is 66.4 Å². The number of rotatable bonds is 4. The summed E-state index contributed by atoms with van der Waals surface area (Å²) in [7, 11) is -2.95. The number of benzene rings is 1. The molecule has 6 nitrogen and oxygen atoms in total. The Hall–Kier alpha value is -2.15. The molecule has 2 atom stereocenters. The Morgan fingerprint density at radius 1 is 1.26 bits per heavy atom. The standard InChI is InChI=1S/C20H26N4O2S/c1-4-23(17-9-10-27(25,26)13-17)20-21-14(2)11-19(22-20)24-15(3)12-16-7-5-6-8-18(16)24/h5-8,11,15,17H,4,9-10,12-13H2,1-3H3. The molecule has 4 rings (SSSR count). The number of para-hydroxylation sites is 1. The van der Waals surface area contributed by atoms with Crippen LogP contribution >= 0.6 is 0 Å². The minimum absolute atomic E-state index is 0.0436. The van der Waals surface area contributed by atoms with Crippen LogP contribution in [0.15, 0.2) is 30.3 Å². The van der Waals surface area contributed by atoms with Crippen molar-refractivity contribution >= 4 is 27.3 Å². The summed E-state index contributed by atoms with van der Waals surface area (Å²) in [5.41, 5.74) is 3.42. The summed E-state index contributed by atoms with van der Waals surface area (Å²) in [4.78, 5) is 13.8. The molecule has 1 aromatic carbocycles. The van der Waals surface area contributed by atoms with Crippen molar-refractivity contribution in [3.05, 3.63) is 41.6 Å². The Morgan fingerprint density at radius 2 is 2.04 bits per heavy atom. The number of aromatic nitrogens is 2. The summed E-state index contributed by atoms with van der Waals surface area (Å²) in [5.74, 6) is 1.96. The Bertz CT molecular complexity index is 960. The van der Waals surface area contributed by atoms with Gasteiger partial charge in [0.05, 0.1) is 11.5 Å². The van der Waals surface area contributed by atoms with Crippen LogP contribution in [-0.2, 0) is 16.3 Å². The van der Waals surface area contributed by atoms with E-state index in [1.807, 2.05) is 24.8 Å². The van der Waals surface area contributed by atoms with E-state index in [2.05, 4.69) is 41.1 Å². The maximum atomic E-state index is 11.9. The minimum Gasteiger partial charge on any atom is -0.337 e. The van der Waals surface area contributed by atoms with Crippen molar-refractivity contribution in [3.63, 3.8) is 0 Å². The van der Waals surface area contributed by atoms with Gasteiger partial charge in [-0.25, -0.2) is 13.4 Å². The van der Waals surface area contributed by atoms with E-state index in [0.29, 0.717) is 25.0 Å². The van der Waals surface area contributed by atoms with Gasteiger partial charge in [0.25, 0.3) is 0 Å². The average molecular weight is 387 g/mol. The fourth-order valence-corrected chi connectivity index (χ4v) is 6.02. The molecule has 7 heteroatoms. The highest BCUT2D eigenvalue weighted by Crippen LogP contribution is 2.38. The van der Waals surface area contributed by atoms with Gasteiger partial charge < -0.3 is 9.80 Å². The lowest BCUT2D eigenvalue weighted by molar-refractivity contribution is 0.599. The van der Waals surface area contributed by atoms with E-state index in [1.54, 1.807) is 0 Å². The summed E-state index contributed by atoms with van der Waals surface area (Å²) < 4.78 is 23.9. The quantitative estimate of drug-likeness (QED) is 0.805. The van der Waals surface area contributed by atoms with Gasteiger partial charge in [0.1, 0.15) is 5.82 Å². The molecule has 1 fully saturated rings. The highest BCUT2D eigenvalue weighted by molar-refractivity contribution is 7.91. The predicted octanol–water partition coefficient (Wildman–Crippen LogP) is 2.88. The summed E-state index contributed by atoms with van der Waals surface area (Å²) in [6, 6.07) is 10.7. The first-order valence-electron chi connectivity index (χ1n) is 9.58. The molecule has 0 bridgehead atoms. The molecule has 3 heterocycles. The zero-order valence-electron chi connectivity index (χ0n) is 16.1. The van der Waals surface area contributed by atoms with Crippen LogP contribution in [0, 0.1) is 6.92 Å². The molecule has 27 heavy (non-hydrogen) atoms. The maximum absolute atomic E-state index is 11.9. The molecule has 2 unspecified atom stereocenters. The summed E-state index contributed by atoms with van der Waals surface area (Å²) in [6.07, 6.45) is 1.64. The predicted molar refractivity (Wildman–Crippen MR) is 109 cm³/mol. The minimum atomic E-state index is -2.95. The third kappa shape index (κ3) is 3.40. The van der Waals surface area contributed by atoms with E-state index in [0.717, 1.165) is 17.9 Å². The second-order valence-corrected chi connectivity index (χ2v) is 9.79. The molecular formula is C20H26N4O2S. The van der Waals surface area contributed by atoms with Crippen LogP contribution in [-0.4, -0.2) is 48.5 Å². The van der Waals surface area contributed by atoms with Crippen molar-refractivity contribution in [2.75, 3.05) is 27.9 Å². The molecule has 0 radical (unpaired) electrons. The summed E-state index contributed by atoms with van der Waals surface area (Å²) in [6.45, 7) is 6.90. The van der Waals surface area contributed by atoms with Crippen LogP contribution in [0.4, 0.5) is 17.5 Å². The van der Waals surface area contributed by atoms with Gasteiger partial charge in [0.2, 0.25) is 5.95 Å². The third-order valence-corrected chi connectivity index (χ3v) is 7.28. The second-order valence-electron chi connectivity index (χ2n) is 7.56. The highest BCUT2D eigenvalue weighted by Gasteiger charge is 2.34. The third-order valence-electron chi connectivity index (χ3n) is 5.53. The van der Waals surface area contributed by atoms with Crippen molar-refractivity contribution in [2.45, 2.75) is 45.7 Å². The van der Waals surface area contributed by atoms with Crippen molar-refractivity contribution in [1.82, 2.24) is 9.97 Å². The molecule has 0 aliphatic carbocycles. The van der Waals surface area contributed by atoms with E-state index in [9.17, 15) is 8.42 Å². The summed E-state index contributed by atoms with van der Waals surface area (Å²) in [5, 5.41) is 0. The molecule has 1 saturated heterocycles. The van der Waals surface area contributed by atoms with Crippen LogP contribution < -0.4 is 9.80 Å². The average Bonchev–Trinajstić information content (AvgIpc) is 3.13. The zero-order valence-corrected chi connectivity index (χ0v) is 16.9. The highest BCUT2D eigenvalue weighted by atomic mass is 32.2. The lowest BCUT2D eigenvalue weighted by atomic mass is 10.1. The van der Waals surface area contributed by atoms with Gasteiger partial charge in [-0.15, -0.1) is 0 Å².